The van der Waals surface area contributed by atoms with Crippen molar-refractivity contribution in [1.29, 1.82) is 0 Å². The SMILES string of the molecule is Fc1cccc(-c2cc3nc4c(c(NCc5cccc(C(F)(F)F)c5)n3n2)CCC4)c1. The van der Waals surface area contributed by atoms with Crippen LogP contribution in [0.4, 0.5) is 23.4 Å². The molecule has 8 heteroatoms. The summed E-state index contributed by atoms with van der Waals surface area (Å²) in [5.74, 6) is 0.366. The number of anilines is 1. The van der Waals surface area contributed by atoms with Crippen LogP contribution < -0.4 is 5.32 Å². The van der Waals surface area contributed by atoms with Crippen molar-refractivity contribution in [3.63, 3.8) is 0 Å². The van der Waals surface area contributed by atoms with Crippen molar-refractivity contribution in [2.24, 2.45) is 0 Å². The van der Waals surface area contributed by atoms with Gasteiger partial charge in [0.05, 0.1) is 11.3 Å². The quantitative estimate of drug-likeness (QED) is 0.429. The topological polar surface area (TPSA) is 42.2 Å². The maximum Gasteiger partial charge on any atom is 0.416 e. The third-order valence-corrected chi connectivity index (χ3v) is 5.46. The van der Waals surface area contributed by atoms with E-state index in [1.54, 1.807) is 28.8 Å². The summed E-state index contributed by atoms with van der Waals surface area (Å²) >= 11 is 0. The number of aryl methyl sites for hydroxylation is 1. The summed E-state index contributed by atoms with van der Waals surface area (Å²) in [5, 5.41) is 7.89. The van der Waals surface area contributed by atoms with Crippen LogP contribution in [0.1, 0.15) is 28.8 Å². The van der Waals surface area contributed by atoms with Crippen LogP contribution in [0.2, 0.25) is 0 Å². The number of hydrogen-bond acceptors (Lipinski definition) is 3. The maximum atomic E-state index is 13.7. The lowest BCUT2D eigenvalue weighted by Crippen LogP contribution is -2.11. The second kappa shape index (κ2) is 7.37. The molecule has 31 heavy (non-hydrogen) atoms. The summed E-state index contributed by atoms with van der Waals surface area (Å²) in [5.41, 5.74) is 3.66. The van der Waals surface area contributed by atoms with E-state index in [-0.39, 0.29) is 12.4 Å². The van der Waals surface area contributed by atoms with Gasteiger partial charge in [-0.2, -0.15) is 22.8 Å². The van der Waals surface area contributed by atoms with Gasteiger partial charge >= 0.3 is 6.18 Å². The Morgan fingerprint density at radius 1 is 1.00 bits per heavy atom. The van der Waals surface area contributed by atoms with Gasteiger partial charge in [-0.3, -0.25) is 0 Å². The largest absolute Gasteiger partial charge is 0.416 e. The number of alkyl halides is 3. The molecular formula is C23H18F4N4. The van der Waals surface area contributed by atoms with Crippen molar-refractivity contribution in [1.82, 2.24) is 14.6 Å². The maximum absolute atomic E-state index is 13.7. The normalized spacial score (nSPS) is 13.5. The molecule has 2 aromatic carbocycles. The molecule has 0 unspecified atom stereocenters. The fraction of sp³-hybridized carbons (Fsp3) is 0.217. The molecule has 0 atom stereocenters. The monoisotopic (exact) mass is 426 g/mol. The van der Waals surface area contributed by atoms with E-state index in [1.165, 1.54) is 18.2 Å². The molecule has 2 aromatic heterocycles. The molecule has 1 aliphatic rings. The molecule has 0 fully saturated rings. The highest BCUT2D eigenvalue weighted by molar-refractivity contribution is 5.67. The van der Waals surface area contributed by atoms with E-state index in [4.69, 9.17) is 4.98 Å². The minimum atomic E-state index is -4.39. The van der Waals surface area contributed by atoms with E-state index in [9.17, 15) is 17.6 Å². The third-order valence-electron chi connectivity index (χ3n) is 5.46. The Kier molecular flexibility index (Phi) is 4.64. The summed E-state index contributed by atoms with van der Waals surface area (Å²) < 4.78 is 54.5. The van der Waals surface area contributed by atoms with Crippen LogP contribution in [-0.4, -0.2) is 14.6 Å². The smallest absolute Gasteiger partial charge is 0.366 e. The minimum Gasteiger partial charge on any atom is -0.366 e. The van der Waals surface area contributed by atoms with Gasteiger partial charge in [0.2, 0.25) is 0 Å². The van der Waals surface area contributed by atoms with Gasteiger partial charge < -0.3 is 5.32 Å². The van der Waals surface area contributed by atoms with Crippen LogP contribution in [0.3, 0.4) is 0 Å². The number of halogens is 4. The Morgan fingerprint density at radius 2 is 1.84 bits per heavy atom. The highest BCUT2D eigenvalue weighted by atomic mass is 19.4. The number of rotatable bonds is 4. The molecule has 1 N–H and O–H groups in total. The van der Waals surface area contributed by atoms with Crippen molar-refractivity contribution in [3.8, 4) is 11.3 Å². The van der Waals surface area contributed by atoms with E-state index in [2.05, 4.69) is 10.4 Å². The molecule has 1 aliphatic carbocycles. The summed E-state index contributed by atoms with van der Waals surface area (Å²) in [7, 11) is 0. The molecule has 0 saturated heterocycles. The van der Waals surface area contributed by atoms with Gasteiger partial charge in [0, 0.05) is 29.4 Å². The average Bonchev–Trinajstić information content (AvgIpc) is 3.37. The first-order valence-electron chi connectivity index (χ1n) is 9.96. The zero-order valence-corrected chi connectivity index (χ0v) is 16.4. The predicted molar refractivity (Wildman–Crippen MR) is 109 cm³/mol. The molecule has 4 nitrogen and oxygen atoms in total. The van der Waals surface area contributed by atoms with Gasteiger partial charge in [-0.15, -0.1) is 0 Å². The van der Waals surface area contributed by atoms with E-state index in [0.717, 1.165) is 48.5 Å². The third kappa shape index (κ3) is 3.73. The Bertz CT molecular complexity index is 1280. The molecule has 158 valence electrons. The molecule has 0 bridgehead atoms. The zero-order valence-electron chi connectivity index (χ0n) is 16.4. The second-order valence-electron chi connectivity index (χ2n) is 7.60. The second-order valence-corrected chi connectivity index (χ2v) is 7.60. The lowest BCUT2D eigenvalue weighted by Gasteiger charge is -2.14. The summed E-state index contributed by atoms with van der Waals surface area (Å²) in [6.07, 6.45) is -1.77. The molecule has 5 rings (SSSR count). The van der Waals surface area contributed by atoms with E-state index in [1.807, 2.05) is 0 Å². The predicted octanol–water partition coefficient (Wildman–Crippen LogP) is 5.66. The fourth-order valence-corrected chi connectivity index (χ4v) is 4.00. The van der Waals surface area contributed by atoms with Crippen molar-refractivity contribution in [2.45, 2.75) is 32.0 Å². The molecule has 0 amide bonds. The average molecular weight is 426 g/mol. The number of nitrogens with one attached hydrogen (secondary N) is 1. The zero-order chi connectivity index (χ0) is 21.6. The minimum absolute atomic E-state index is 0.213. The highest BCUT2D eigenvalue weighted by Gasteiger charge is 2.30. The van der Waals surface area contributed by atoms with Crippen LogP contribution in [0.25, 0.3) is 16.9 Å². The Labute approximate surface area is 175 Å². The summed E-state index contributed by atoms with van der Waals surface area (Å²) in [6, 6.07) is 13.2. The fourth-order valence-electron chi connectivity index (χ4n) is 4.00. The van der Waals surface area contributed by atoms with E-state index in [0.29, 0.717) is 22.5 Å². The molecule has 0 aliphatic heterocycles. The number of benzene rings is 2. The lowest BCUT2D eigenvalue weighted by atomic mass is 10.1. The molecule has 2 heterocycles. The van der Waals surface area contributed by atoms with Crippen LogP contribution in [0.5, 0.6) is 0 Å². The molecule has 4 aromatic rings. The van der Waals surface area contributed by atoms with Crippen LogP contribution >= 0.6 is 0 Å². The van der Waals surface area contributed by atoms with Gasteiger partial charge in [0.25, 0.3) is 0 Å². The van der Waals surface area contributed by atoms with Gasteiger partial charge in [-0.05, 0) is 49.1 Å². The van der Waals surface area contributed by atoms with Gasteiger partial charge in [-0.1, -0.05) is 24.3 Å². The van der Waals surface area contributed by atoms with Gasteiger partial charge in [-0.25, -0.2) is 9.37 Å². The number of fused-ring (bicyclic) bond motifs is 2. The summed E-state index contributed by atoms with van der Waals surface area (Å²) in [4.78, 5) is 4.70. The Balaban J connectivity index is 1.53. The van der Waals surface area contributed by atoms with Crippen LogP contribution in [0, 0.1) is 5.82 Å². The first-order chi connectivity index (χ1) is 14.9. The first kappa shape index (κ1) is 19.5. The van der Waals surface area contributed by atoms with Crippen molar-refractivity contribution in [3.05, 3.63) is 82.8 Å². The molecular weight excluding hydrogens is 408 g/mol. The number of nitrogens with zero attached hydrogens (tertiary/aromatic N) is 3. The highest BCUT2D eigenvalue weighted by Crippen LogP contribution is 2.32. The van der Waals surface area contributed by atoms with Gasteiger partial charge in [0.1, 0.15) is 11.6 Å². The Hall–Kier alpha value is -3.42. The lowest BCUT2D eigenvalue weighted by molar-refractivity contribution is -0.137. The van der Waals surface area contributed by atoms with E-state index >= 15 is 0 Å². The Morgan fingerprint density at radius 3 is 2.65 bits per heavy atom. The van der Waals surface area contributed by atoms with Crippen molar-refractivity contribution < 1.29 is 17.6 Å². The molecule has 0 saturated carbocycles. The van der Waals surface area contributed by atoms with Crippen molar-refractivity contribution >= 4 is 11.5 Å². The van der Waals surface area contributed by atoms with Crippen LogP contribution in [0.15, 0.2) is 54.6 Å². The summed E-state index contributed by atoms with van der Waals surface area (Å²) in [6.45, 7) is 0.213. The van der Waals surface area contributed by atoms with Gasteiger partial charge in [0.15, 0.2) is 5.65 Å². The number of hydrogen-bond donors (Lipinski definition) is 1. The molecule has 0 spiro atoms. The first-order valence-corrected chi connectivity index (χ1v) is 9.96. The van der Waals surface area contributed by atoms with Crippen LogP contribution in [-0.2, 0) is 25.6 Å². The van der Waals surface area contributed by atoms with E-state index < -0.39 is 11.7 Å². The molecule has 0 radical (unpaired) electrons. The standard InChI is InChI=1S/C23H18F4N4/c24-17-7-2-5-15(11-17)20-12-21-29-19-9-3-8-18(19)22(31(21)30-20)28-13-14-4-1-6-16(10-14)23(25,26)27/h1-2,4-7,10-12,28H,3,8-9,13H2. The number of aromatic nitrogens is 3. The van der Waals surface area contributed by atoms with Crippen molar-refractivity contribution in [2.75, 3.05) is 5.32 Å².